The number of likely N-dealkylation sites (tertiary alicyclic amines) is 1. The Balaban J connectivity index is 1.45. The van der Waals surface area contributed by atoms with E-state index in [0.29, 0.717) is 32.1 Å². The quantitative estimate of drug-likeness (QED) is 0.556. The van der Waals surface area contributed by atoms with Gasteiger partial charge < -0.3 is 9.64 Å². The van der Waals surface area contributed by atoms with Crippen LogP contribution in [0.25, 0.3) is 0 Å². The molecule has 0 N–H and O–H groups in total. The Morgan fingerprint density at radius 1 is 1.12 bits per heavy atom. The van der Waals surface area contributed by atoms with Gasteiger partial charge in [0.15, 0.2) is 0 Å². The van der Waals surface area contributed by atoms with Crippen LogP contribution in [0, 0.1) is 12.8 Å². The average molecular weight is 467 g/mol. The SMILES string of the molecule is Cc1cc(C(=O)N2CCC3(CC2)CN(CC(C)F)CC(c2ccccc2)O3)ccc1CC(C)C. The molecule has 2 unspecified atom stereocenters. The molecule has 34 heavy (non-hydrogen) atoms. The van der Waals surface area contributed by atoms with Crippen LogP contribution in [0.15, 0.2) is 48.5 Å². The normalized spacial score (nSPS) is 21.7. The zero-order valence-electron chi connectivity index (χ0n) is 21.1. The highest BCUT2D eigenvalue weighted by Gasteiger charge is 2.44. The van der Waals surface area contributed by atoms with Gasteiger partial charge in [-0.3, -0.25) is 9.69 Å². The van der Waals surface area contributed by atoms with E-state index in [4.69, 9.17) is 4.74 Å². The fraction of sp³-hybridized carbons (Fsp3) is 0.552. The summed E-state index contributed by atoms with van der Waals surface area (Å²) in [4.78, 5) is 17.4. The number of hydrogen-bond acceptors (Lipinski definition) is 3. The minimum Gasteiger partial charge on any atom is -0.364 e. The molecule has 2 saturated heterocycles. The number of nitrogens with zero attached hydrogens (tertiary/aromatic N) is 2. The summed E-state index contributed by atoms with van der Waals surface area (Å²) < 4.78 is 20.6. The minimum atomic E-state index is -0.879. The van der Waals surface area contributed by atoms with Crippen LogP contribution in [0.1, 0.15) is 66.8 Å². The third kappa shape index (κ3) is 5.87. The number of ether oxygens (including phenoxy) is 1. The molecule has 0 radical (unpaired) electrons. The molecule has 2 aromatic rings. The van der Waals surface area contributed by atoms with E-state index in [1.807, 2.05) is 35.2 Å². The number of morpholine rings is 1. The van der Waals surface area contributed by atoms with Gasteiger partial charge in [-0.05, 0) is 67.9 Å². The summed E-state index contributed by atoms with van der Waals surface area (Å²) in [5.74, 6) is 0.687. The standard InChI is InChI=1S/C29H39FN2O2/c1-21(2)16-25-10-11-26(17-22(25)3)28(33)32-14-12-29(13-15-32)20-31(18-23(4)30)19-27(34-29)24-8-6-5-7-9-24/h5-11,17,21,23,27H,12-16,18-20H2,1-4H3. The summed E-state index contributed by atoms with van der Waals surface area (Å²) in [6.07, 6.45) is 1.61. The van der Waals surface area contributed by atoms with Gasteiger partial charge in [0.25, 0.3) is 5.91 Å². The van der Waals surface area contributed by atoms with Crippen molar-refractivity contribution in [2.45, 2.75) is 64.8 Å². The highest BCUT2D eigenvalue weighted by atomic mass is 19.1. The highest BCUT2D eigenvalue weighted by Crippen LogP contribution is 2.38. The van der Waals surface area contributed by atoms with Gasteiger partial charge in [-0.2, -0.15) is 0 Å². The van der Waals surface area contributed by atoms with Crippen LogP contribution in [0.3, 0.4) is 0 Å². The molecule has 4 rings (SSSR count). The molecule has 1 amide bonds. The summed E-state index contributed by atoms with van der Waals surface area (Å²) >= 11 is 0. The van der Waals surface area contributed by atoms with Crippen molar-refractivity contribution in [2.75, 3.05) is 32.7 Å². The number of carbonyl (C=O) groups is 1. The molecule has 0 bridgehead atoms. The first-order valence-corrected chi connectivity index (χ1v) is 12.7. The van der Waals surface area contributed by atoms with E-state index >= 15 is 0 Å². The first kappa shape index (κ1) is 24.9. The lowest BCUT2D eigenvalue weighted by molar-refractivity contribution is -0.177. The molecule has 0 aromatic heterocycles. The zero-order chi connectivity index (χ0) is 24.3. The lowest BCUT2D eigenvalue weighted by Gasteiger charge is -2.50. The van der Waals surface area contributed by atoms with E-state index < -0.39 is 6.17 Å². The largest absolute Gasteiger partial charge is 0.364 e. The second-order valence-corrected chi connectivity index (χ2v) is 10.7. The topological polar surface area (TPSA) is 32.8 Å². The first-order valence-electron chi connectivity index (χ1n) is 12.7. The van der Waals surface area contributed by atoms with Gasteiger partial charge in [0, 0.05) is 38.3 Å². The maximum Gasteiger partial charge on any atom is 0.253 e. The fourth-order valence-electron chi connectivity index (χ4n) is 5.49. The summed E-state index contributed by atoms with van der Waals surface area (Å²) in [7, 11) is 0. The number of hydrogen-bond donors (Lipinski definition) is 0. The van der Waals surface area contributed by atoms with E-state index in [1.54, 1.807) is 6.92 Å². The molecular weight excluding hydrogens is 427 g/mol. The molecule has 0 saturated carbocycles. The maximum atomic E-state index is 13.9. The number of alkyl halides is 1. The van der Waals surface area contributed by atoms with E-state index in [1.165, 1.54) is 11.1 Å². The lowest BCUT2D eigenvalue weighted by atomic mass is 9.87. The van der Waals surface area contributed by atoms with Gasteiger partial charge >= 0.3 is 0 Å². The van der Waals surface area contributed by atoms with Crippen molar-refractivity contribution in [3.8, 4) is 0 Å². The number of carbonyl (C=O) groups excluding carboxylic acids is 1. The summed E-state index contributed by atoms with van der Waals surface area (Å²) in [6.45, 7) is 11.3. The van der Waals surface area contributed by atoms with Gasteiger partial charge in [-0.1, -0.05) is 50.2 Å². The van der Waals surface area contributed by atoms with Crippen molar-refractivity contribution < 1.29 is 13.9 Å². The smallest absolute Gasteiger partial charge is 0.253 e. The van der Waals surface area contributed by atoms with Crippen LogP contribution in [0.2, 0.25) is 0 Å². The first-order chi connectivity index (χ1) is 16.2. The Bertz CT molecular complexity index is 967. The Hall–Kier alpha value is -2.24. The van der Waals surface area contributed by atoms with Crippen LogP contribution < -0.4 is 0 Å². The van der Waals surface area contributed by atoms with Gasteiger partial charge in [-0.25, -0.2) is 4.39 Å². The van der Waals surface area contributed by atoms with Crippen LogP contribution in [-0.4, -0.2) is 60.2 Å². The average Bonchev–Trinajstić information content (AvgIpc) is 2.80. The van der Waals surface area contributed by atoms with Crippen molar-refractivity contribution in [1.29, 1.82) is 0 Å². The second kappa shape index (κ2) is 10.6. The van der Waals surface area contributed by atoms with Crippen molar-refractivity contribution in [3.05, 3.63) is 70.8 Å². The molecule has 184 valence electrons. The number of piperidine rings is 1. The molecule has 2 atom stereocenters. The summed E-state index contributed by atoms with van der Waals surface area (Å²) in [5.41, 5.74) is 4.05. The zero-order valence-corrected chi connectivity index (χ0v) is 21.1. The number of rotatable bonds is 6. The monoisotopic (exact) mass is 466 g/mol. The lowest BCUT2D eigenvalue weighted by Crippen LogP contribution is -2.58. The van der Waals surface area contributed by atoms with E-state index in [9.17, 15) is 9.18 Å². The summed E-state index contributed by atoms with van der Waals surface area (Å²) in [6, 6.07) is 16.4. The number of benzene rings is 2. The van der Waals surface area contributed by atoms with Crippen LogP contribution in [0.5, 0.6) is 0 Å². The third-order valence-corrected chi connectivity index (χ3v) is 7.19. The van der Waals surface area contributed by atoms with E-state index in [2.05, 4.69) is 43.9 Å². The van der Waals surface area contributed by atoms with Crippen molar-refractivity contribution >= 4 is 5.91 Å². The number of halogens is 1. The molecule has 2 aromatic carbocycles. The fourth-order valence-corrected chi connectivity index (χ4v) is 5.49. The molecule has 2 fully saturated rings. The Morgan fingerprint density at radius 2 is 1.82 bits per heavy atom. The number of aryl methyl sites for hydroxylation is 1. The molecule has 2 aliphatic rings. The molecule has 2 aliphatic heterocycles. The van der Waals surface area contributed by atoms with Crippen LogP contribution in [-0.2, 0) is 11.2 Å². The van der Waals surface area contributed by atoms with Crippen molar-refractivity contribution in [2.24, 2.45) is 5.92 Å². The predicted octanol–water partition coefficient (Wildman–Crippen LogP) is 5.60. The Kier molecular flexibility index (Phi) is 7.73. The molecule has 1 spiro atoms. The van der Waals surface area contributed by atoms with Gasteiger partial charge in [0.05, 0.1) is 11.7 Å². The van der Waals surface area contributed by atoms with Gasteiger partial charge in [0.1, 0.15) is 6.17 Å². The molecule has 0 aliphatic carbocycles. The van der Waals surface area contributed by atoms with E-state index in [-0.39, 0.29) is 17.6 Å². The van der Waals surface area contributed by atoms with Crippen LogP contribution >= 0.6 is 0 Å². The van der Waals surface area contributed by atoms with Gasteiger partial charge in [0.2, 0.25) is 0 Å². The summed E-state index contributed by atoms with van der Waals surface area (Å²) in [5, 5.41) is 0. The second-order valence-electron chi connectivity index (χ2n) is 10.7. The van der Waals surface area contributed by atoms with E-state index in [0.717, 1.165) is 36.9 Å². The third-order valence-electron chi connectivity index (χ3n) is 7.19. The molecule has 2 heterocycles. The molecule has 4 nitrogen and oxygen atoms in total. The number of amides is 1. The van der Waals surface area contributed by atoms with Gasteiger partial charge in [-0.15, -0.1) is 0 Å². The minimum absolute atomic E-state index is 0.0768. The Morgan fingerprint density at radius 3 is 2.44 bits per heavy atom. The highest BCUT2D eigenvalue weighted by molar-refractivity contribution is 5.94. The van der Waals surface area contributed by atoms with Crippen molar-refractivity contribution in [3.63, 3.8) is 0 Å². The molecular formula is C29H39FN2O2. The maximum absolute atomic E-state index is 13.9. The van der Waals surface area contributed by atoms with Crippen LogP contribution in [0.4, 0.5) is 4.39 Å². The van der Waals surface area contributed by atoms with Crippen molar-refractivity contribution in [1.82, 2.24) is 9.80 Å². The predicted molar refractivity (Wildman–Crippen MR) is 135 cm³/mol. The molecule has 5 heteroatoms. The Labute approximate surface area is 204 Å².